The third kappa shape index (κ3) is 2.53. The molecule has 4 nitrogen and oxygen atoms in total. The number of carbonyl (C=O) groups excluding carboxylic acids is 1. The highest BCUT2D eigenvalue weighted by atomic mass is 19.1. The van der Waals surface area contributed by atoms with E-state index in [1.54, 1.807) is 24.0 Å². The van der Waals surface area contributed by atoms with Crippen LogP contribution in [0.5, 0.6) is 0 Å². The van der Waals surface area contributed by atoms with Gasteiger partial charge >= 0.3 is 0 Å². The topological polar surface area (TPSA) is 46.9 Å². The molecule has 2 rings (SSSR count). The highest BCUT2D eigenvalue weighted by molar-refractivity contribution is 5.92. The first kappa shape index (κ1) is 12.2. The van der Waals surface area contributed by atoms with Gasteiger partial charge in [0, 0.05) is 19.4 Å². The number of aromatic nitrogens is 2. The van der Waals surface area contributed by atoms with Gasteiger partial charge in [0.1, 0.15) is 23.1 Å². The number of nitrogens with zero attached hydrogens (tertiary/aromatic N) is 2. The zero-order chi connectivity index (χ0) is 13.1. The first-order valence-corrected chi connectivity index (χ1v) is 5.28. The van der Waals surface area contributed by atoms with Gasteiger partial charge in [-0.2, -0.15) is 0 Å². The summed E-state index contributed by atoms with van der Waals surface area (Å²) in [5.41, 5.74) is -0.434. The molecule has 1 amide bonds. The molecule has 0 atom stereocenters. The molecule has 2 aromatic rings. The second-order valence-corrected chi connectivity index (χ2v) is 3.78. The Morgan fingerprint density at radius 1 is 1.39 bits per heavy atom. The first-order valence-electron chi connectivity index (χ1n) is 5.28. The number of halogens is 2. The van der Waals surface area contributed by atoms with E-state index in [4.69, 9.17) is 0 Å². The quantitative estimate of drug-likeness (QED) is 0.905. The molecule has 94 valence electrons. The van der Waals surface area contributed by atoms with Crippen LogP contribution < -0.4 is 5.32 Å². The highest BCUT2D eigenvalue weighted by Crippen LogP contribution is 2.18. The molecular formula is C12H11F2N3O. The summed E-state index contributed by atoms with van der Waals surface area (Å²) in [5, 5.41) is 2.20. The molecule has 0 unspecified atom stereocenters. The van der Waals surface area contributed by atoms with Gasteiger partial charge in [-0.1, -0.05) is 6.07 Å². The second kappa shape index (κ2) is 4.95. The Labute approximate surface area is 102 Å². The van der Waals surface area contributed by atoms with Gasteiger partial charge in [-0.15, -0.1) is 0 Å². The Bertz CT molecular complexity index is 560. The van der Waals surface area contributed by atoms with E-state index in [-0.39, 0.29) is 6.42 Å². The molecule has 0 aliphatic rings. The Hall–Kier alpha value is -2.24. The monoisotopic (exact) mass is 251 g/mol. The van der Waals surface area contributed by atoms with Crippen LogP contribution in [-0.4, -0.2) is 15.5 Å². The summed E-state index contributed by atoms with van der Waals surface area (Å²) in [7, 11) is 1.74. The lowest BCUT2D eigenvalue weighted by Crippen LogP contribution is -2.18. The van der Waals surface area contributed by atoms with Crippen LogP contribution in [0.3, 0.4) is 0 Å². The van der Waals surface area contributed by atoms with Crippen molar-refractivity contribution < 1.29 is 13.6 Å². The van der Waals surface area contributed by atoms with Crippen molar-refractivity contribution in [3.8, 4) is 0 Å². The third-order valence-corrected chi connectivity index (χ3v) is 2.47. The molecule has 0 saturated carbocycles. The van der Waals surface area contributed by atoms with E-state index in [9.17, 15) is 13.6 Å². The van der Waals surface area contributed by atoms with Crippen LogP contribution in [-0.2, 0) is 18.3 Å². The lowest BCUT2D eigenvalue weighted by molar-refractivity contribution is -0.115. The van der Waals surface area contributed by atoms with Crippen molar-refractivity contribution in [2.24, 2.45) is 7.05 Å². The average molecular weight is 251 g/mol. The Balaban J connectivity index is 2.10. The molecule has 0 bridgehead atoms. The van der Waals surface area contributed by atoms with Gasteiger partial charge in [-0.25, -0.2) is 13.8 Å². The SMILES string of the molecule is Cn1ccnc1CC(=O)Nc1c(F)cccc1F. The van der Waals surface area contributed by atoms with Crippen LogP contribution in [0.1, 0.15) is 5.82 Å². The molecule has 1 heterocycles. The van der Waals surface area contributed by atoms with Crippen LogP contribution in [0.25, 0.3) is 0 Å². The minimum Gasteiger partial charge on any atom is -0.338 e. The number of imidazole rings is 1. The normalized spacial score (nSPS) is 10.4. The standard InChI is InChI=1S/C12H11F2N3O/c1-17-6-5-15-10(17)7-11(18)16-12-8(13)3-2-4-9(12)14/h2-6H,7H2,1H3,(H,16,18). The minimum atomic E-state index is -0.803. The highest BCUT2D eigenvalue weighted by Gasteiger charge is 2.13. The number of benzene rings is 1. The van der Waals surface area contributed by atoms with Gasteiger partial charge in [-0.05, 0) is 12.1 Å². The fraction of sp³-hybridized carbons (Fsp3) is 0.167. The molecule has 0 aliphatic heterocycles. The Morgan fingerprint density at radius 2 is 2.06 bits per heavy atom. The molecule has 18 heavy (non-hydrogen) atoms. The van der Waals surface area contributed by atoms with Crippen molar-refractivity contribution in [3.05, 3.63) is 48.1 Å². The molecule has 0 aliphatic carbocycles. The summed E-state index contributed by atoms with van der Waals surface area (Å²) in [6, 6.07) is 3.40. The van der Waals surface area contributed by atoms with Gasteiger partial charge in [0.15, 0.2) is 0 Å². The fourth-order valence-corrected chi connectivity index (χ4v) is 1.51. The largest absolute Gasteiger partial charge is 0.338 e. The summed E-state index contributed by atoms with van der Waals surface area (Å²) in [4.78, 5) is 15.6. The van der Waals surface area contributed by atoms with E-state index >= 15 is 0 Å². The van der Waals surface area contributed by atoms with E-state index in [0.29, 0.717) is 5.82 Å². The number of anilines is 1. The van der Waals surface area contributed by atoms with Crippen molar-refractivity contribution in [1.82, 2.24) is 9.55 Å². The van der Waals surface area contributed by atoms with Crippen LogP contribution in [0, 0.1) is 11.6 Å². The van der Waals surface area contributed by atoms with E-state index in [1.165, 1.54) is 6.07 Å². The van der Waals surface area contributed by atoms with E-state index in [0.717, 1.165) is 12.1 Å². The summed E-state index contributed by atoms with van der Waals surface area (Å²) >= 11 is 0. The maximum atomic E-state index is 13.3. The van der Waals surface area contributed by atoms with Crippen LogP contribution in [0.4, 0.5) is 14.5 Å². The molecule has 0 spiro atoms. The zero-order valence-corrected chi connectivity index (χ0v) is 9.65. The predicted molar refractivity (Wildman–Crippen MR) is 61.9 cm³/mol. The summed E-state index contributed by atoms with van der Waals surface area (Å²) < 4.78 is 28.3. The van der Waals surface area contributed by atoms with Gasteiger partial charge in [0.25, 0.3) is 0 Å². The zero-order valence-electron chi connectivity index (χ0n) is 9.65. The summed E-state index contributed by atoms with van der Waals surface area (Å²) in [5.74, 6) is -1.61. The molecule has 1 aromatic heterocycles. The smallest absolute Gasteiger partial charge is 0.232 e. The van der Waals surface area contributed by atoms with Gasteiger partial charge in [0.2, 0.25) is 5.91 Å². The molecule has 6 heteroatoms. The van der Waals surface area contributed by atoms with Crippen molar-refractivity contribution in [2.75, 3.05) is 5.32 Å². The maximum absolute atomic E-state index is 13.3. The van der Waals surface area contributed by atoms with Crippen molar-refractivity contribution in [2.45, 2.75) is 6.42 Å². The maximum Gasteiger partial charge on any atom is 0.232 e. The number of rotatable bonds is 3. The van der Waals surface area contributed by atoms with Gasteiger partial charge < -0.3 is 9.88 Å². The van der Waals surface area contributed by atoms with Crippen molar-refractivity contribution in [3.63, 3.8) is 0 Å². The van der Waals surface area contributed by atoms with E-state index in [1.807, 2.05) is 0 Å². The van der Waals surface area contributed by atoms with Crippen molar-refractivity contribution in [1.29, 1.82) is 0 Å². The summed E-state index contributed by atoms with van der Waals surface area (Å²) in [6.07, 6.45) is 3.19. The van der Waals surface area contributed by atoms with E-state index in [2.05, 4.69) is 10.3 Å². The molecule has 0 fully saturated rings. The number of carbonyl (C=O) groups is 1. The molecule has 0 saturated heterocycles. The first-order chi connectivity index (χ1) is 8.58. The van der Waals surface area contributed by atoms with E-state index < -0.39 is 23.2 Å². The van der Waals surface area contributed by atoms with Crippen LogP contribution in [0.15, 0.2) is 30.6 Å². The lowest BCUT2D eigenvalue weighted by atomic mass is 10.2. The molecule has 1 aromatic carbocycles. The van der Waals surface area contributed by atoms with Crippen LogP contribution in [0.2, 0.25) is 0 Å². The molecular weight excluding hydrogens is 240 g/mol. The number of nitrogens with one attached hydrogen (secondary N) is 1. The minimum absolute atomic E-state index is 0.0444. The van der Waals surface area contributed by atoms with Crippen molar-refractivity contribution >= 4 is 11.6 Å². The van der Waals surface area contributed by atoms with Gasteiger partial charge in [0.05, 0.1) is 6.42 Å². The number of amides is 1. The lowest BCUT2D eigenvalue weighted by Gasteiger charge is -2.07. The van der Waals surface area contributed by atoms with Crippen LogP contribution >= 0.6 is 0 Å². The molecule has 0 radical (unpaired) electrons. The predicted octanol–water partition coefficient (Wildman–Crippen LogP) is 1.88. The number of aryl methyl sites for hydroxylation is 1. The average Bonchev–Trinajstić information content (AvgIpc) is 2.70. The second-order valence-electron chi connectivity index (χ2n) is 3.78. The Morgan fingerprint density at radius 3 is 2.61 bits per heavy atom. The molecule has 1 N–H and O–H groups in total. The van der Waals surface area contributed by atoms with Gasteiger partial charge in [-0.3, -0.25) is 4.79 Å². The third-order valence-electron chi connectivity index (χ3n) is 2.47. The summed E-state index contributed by atoms with van der Waals surface area (Å²) in [6.45, 7) is 0. The Kier molecular flexibility index (Phi) is 3.36. The number of hydrogen-bond acceptors (Lipinski definition) is 2. The number of para-hydroxylation sites is 1. The fourth-order valence-electron chi connectivity index (χ4n) is 1.51. The number of hydrogen-bond donors (Lipinski definition) is 1.